The van der Waals surface area contributed by atoms with Gasteiger partial charge in [0.15, 0.2) is 6.10 Å². The normalized spacial score (nSPS) is 12.3. The number of carbonyl (C=O) groups is 3. The SMILES string of the molecule is CCCCCCC/C=C\C/C=C\C/C=C\CCCCCCCCC(=O)OCC(COC(=O)CCCCCCCCCCCCCC)OC(=O)CCCCCCCCC/C=C\CCCCCCCCC. The number of carbonyl (C=O) groups excluding carboxylic acids is 3. The highest BCUT2D eigenvalue weighted by Gasteiger charge is 2.19. The Balaban J connectivity index is 4.34. The summed E-state index contributed by atoms with van der Waals surface area (Å²) in [7, 11) is 0. The molecule has 0 amide bonds. The van der Waals surface area contributed by atoms with E-state index < -0.39 is 6.10 Å². The van der Waals surface area contributed by atoms with Crippen LogP contribution in [-0.2, 0) is 28.6 Å². The Morgan fingerprint density at radius 3 is 0.826 bits per heavy atom. The van der Waals surface area contributed by atoms with Crippen LogP contribution in [0.5, 0.6) is 0 Å². The van der Waals surface area contributed by atoms with E-state index >= 15 is 0 Å². The van der Waals surface area contributed by atoms with Crippen LogP contribution in [0, 0.1) is 0 Å². The number of ether oxygens (including phenoxy) is 3. The van der Waals surface area contributed by atoms with Gasteiger partial charge in [-0.1, -0.05) is 262 Å². The van der Waals surface area contributed by atoms with Crippen molar-refractivity contribution in [3.05, 3.63) is 48.6 Å². The van der Waals surface area contributed by atoms with Gasteiger partial charge in [-0.25, -0.2) is 0 Å². The molecule has 0 fully saturated rings. The largest absolute Gasteiger partial charge is 0.462 e. The van der Waals surface area contributed by atoms with Gasteiger partial charge in [-0.05, 0) is 83.5 Å². The van der Waals surface area contributed by atoms with Crippen molar-refractivity contribution in [2.24, 2.45) is 0 Å². The van der Waals surface area contributed by atoms with E-state index in [0.717, 1.165) is 77.0 Å². The maximum Gasteiger partial charge on any atom is 0.306 e. The van der Waals surface area contributed by atoms with Crippen molar-refractivity contribution >= 4 is 17.9 Å². The van der Waals surface area contributed by atoms with Crippen LogP contribution in [0.2, 0.25) is 0 Å². The van der Waals surface area contributed by atoms with E-state index in [1.807, 2.05) is 0 Å². The molecule has 0 aliphatic heterocycles. The Morgan fingerprint density at radius 2 is 0.522 bits per heavy atom. The van der Waals surface area contributed by atoms with Crippen molar-refractivity contribution in [3.8, 4) is 0 Å². The van der Waals surface area contributed by atoms with Gasteiger partial charge in [0.05, 0.1) is 0 Å². The van der Waals surface area contributed by atoms with Gasteiger partial charge < -0.3 is 14.2 Å². The van der Waals surface area contributed by atoms with Crippen molar-refractivity contribution in [2.45, 2.75) is 322 Å². The molecule has 0 N–H and O–H groups in total. The minimum absolute atomic E-state index is 0.0761. The van der Waals surface area contributed by atoms with E-state index in [9.17, 15) is 14.4 Å². The molecule has 0 aromatic heterocycles. The lowest BCUT2D eigenvalue weighted by molar-refractivity contribution is -0.167. The molecule has 0 aliphatic rings. The van der Waals surface area contributed by atoms with Crippen LogP contribution in [0.3, 0.4) is 0 Å². The van der Waals surface area contributed by atoms with Gasteiger partial charge in [0.25, 0.3) is 0 Å². The lowest BCUT2D eigenvalue weighted by Crippen LogP contribution is -2.30. The zero-order valence-corrected chi connectivity index (χ0v) is 46.1. The summed E-state index contributed by atoms with van der Waals surface area (Å²) in [6.07, 6.45) is 71.0. The minimum atomic E-state index is -0.779. The summed E-state index contributed by atoms with van der Waals surface area (Å²) in [5.41, 5.74) is 0. The number of rotatable bonds is 55. The first kappa shape index (κ1) is 66.4. The summed E-state index contributed by atoms with van der Waals surface area (Å²) in [5, 5.41) is 0. The van der Waals surface area contributed by atoms with Crippen LogP contribution in [0.15, 0.2) is 48.6 Å². The highest BCUT2D eigenvalue weighted by Crippen LogP contribution is 2.16. The van der Waals surface area contributed by atoms with Gasteiger partial charge in [-0.2, -0.15) is 0 Å². The Kier molecular flexibility index (Phi) is 55.7. The monoisotopic (exact) mass is 967 g/mol. The van der Waals surface area contributed by atoms with Crippen molar-refractivity contribution in [2.75, 3.05) is 13.2 Å². The Morgan fingerprint density at radius 1 is 0.290 bits per heavy atom. The number of unbranched alkanes of at least 4 members (excludes halogenated alkanes) is 36. The molecule has 0 aromatic carbocycles. The molecule has 0 rings (SSSR count). The average molecular weight is 968 g/mol. The quantitative estimate of drug-likeness (QED) is 0.0262. The van der Waals surface area contributed by atoms with Gasteiger partial charge >= 0.3 is 17.9 Å². The van der Waals surface area contributed by atoms with Crippen LogP contribution >= 0.6 is 0 Å². The van der Waals surface area contributed by atoms with Gasteiger partial charge in [0, 0.05) is 19.3 Å². The molecule has 402 valence electrons. The summed E-state index contributed by atoms with van der Waals surface area (Å²) in [4.78, 5) is 38.2. The fourth-order valence-corrected chi connectivity index (χ4v) is 8.74. The molecular weight excluding hydrogens is 853 g/mol. The maximum atomic E-state index is 12.9. The highest BCUT2D eigenvalue weighted by molar-refractivity contribution is 5.71. The first-order chi connectivity index (χ1) is 34.0. The molecule has 69 heavy (non-hydrogen) atoms. The van der Waals surface area contributed by atoms with E-state index in [1.54, 1.807) is 0 Å². The third-order valence-electron chi connectivity index (χ3n) is 13.3. The van der Waals surface area contributed by atoms with Crippen molar-refractivity contribution in [1.82, 2.24) is 0 Å². The second-order valence-electron chi connectivity index (χ2n) is 20.3. The number of allylic oxidation sites excluding steroid dienone is 8. The summed E-state index contributed by atoms with van der Waals surface area (Å²) < 4.78 is 16.9. The van der Waals surface area contributed by atoms with Gasteiger partial charge in [-0.15, -0.1) is 0 Å². The molecule has 0 heterocycles. The van der Waals surface area contributed by atoms with E-state index in [4.69, 9.17) is 14.2 Å². The van der Waals surface area contributed by atoms with Crippen LogP contribution in [0.4, 0.5) is 0 Å². The van der Waals surface area contributed by atoms with Gasteiger partial charge in [0.1, 0.15) is 13.2 Å². The fraction of sp³-hybridized carbons (Fsp3) is 0.825. The molecule has 0 radical (unpaired) electrons. The summed E-state index contributed by atoms with van der Waals surface area (Å²) in [6, 6.07) is 0. The molecule has 0 aromatic rings. The predicted octanol–water partition coefficient (Wildman–Crippen LogP) is 20.2. The van der Waals surface area contributed by atoms with E-state index in [2.05, 4.69) is 69.4 Å². The van der Waals surface area contributed by atoms with E-state index in [-0.39, 0.29) is 31.1 Å². The van der Waals surface area contributed by atoms with Crippen LogP contribution in [-0.4, -0.2) is 37.2 Å². The smallest absolute Gasteiger partial charge is 0.306 e. The first-order valence-electron chi connectivity index (χ1n) is 30.1. The summed E-state index contributed by atoms with van der Waals surface area (Å²) in [5.74, 6) is -0.878. The van der Waals surface area contributed by atoms with Crippen LogP contribution in [0.1, 0.15) is 316 Å². The fourth-order valence-electron chi connectivity index (χ4n) is 8.74. The van der Waals surface area contributed by atoms with Crippen molar-refractivity contribution in [1.29, 1.82) is 0 Å². The molecule has 0 spiro atoms. The van der Waals surface area contributed by atoms with Gasteiger partial charge in [-0.3, -0.25) is 14.4 Å². The number of hydrogen-bond acceptors (Lipinski definition) is 6. The molecule has 1 unspecified atom stereocenters. The molecule has 0 bridgehead atoms. The molecule has 0 saturated heterocycles. The topological polar surface area (TPSA) is 78.9 Å². The van der Waals surface area contributed by atoms with Crippen LogP contribution in [0.25, 0.3) is 0 Å². The molecule has 6 heteroatoms. The summed E-state index contributed by atoms with van der Waals surface area (Å²) in [6.45, 7) is 6.64. The molecule has 6 nitrogen and oxygen atoms in total. The summed E-state index contributed by atoms with van der Waals surface area (Å²) >= 11 is 0. The minimum Gasteiger partial charge on any atom is -0.462 e. The maximum absolute atomic E-state index is 12.9. The Bertz CT molecular complexity index is 1200. The van der Waals surface area contributed by atoms with E-state index in [0.29, 0.717) is 19.3 Å². The number of hydrogen-bond donors (Lipinski definition) is 0. The van der Waals surface area contributed by atoms with Crippen molar-refractivity contribution < 1.29 is 28.6 Å². The standard InChI is InChI=1S/C63H114O6/c1-4-7-10-13-16-19-22-25-27-29-31-32-33-35-36-38-41-44-47-50-53-56-62(65)68-59-60(58-67-61(64)55-52-49-46-43-40-24-21-18-15-12-9-6-3)69-63(66)57-54-51-48-45-42-39-37-34-30-28-26-23-20-17-14-11-8-5-2/h22,25,28-31,33,35,60H,4-21,23-24,26-27,32,34,36-59H2,1-3H3/b25-22-,30-28-,31-29-,35-33-. The lowest BCUT2D eigenvalue weighted by atomic mass is 10.0. The lowest BCUT2D eigenvalue weighted by Gasteiger charge is -2.18. The van der Waals surface area contributed by atoms with Crippen molar-refractivity contribution in [3.63, 3.8) is 0 Å². The molecule has 1 atom stereocenters. The second kappa shape index (κ2) is 57.9. The highest BCUT2D eigenvalue weighted by atomic mass is 16.6. The second-order valence-corrected chi connectivity index (χ2v) is 20.3. The van der Waals surface area contributed by atoms with Gasteiger partial charge in [0.2, 0.25) is 0 Å². The first-order valence-corrected chi connectivity index (χ1v) is 30.1. The third kappa shape index (κ3) is 56.2. The zero-order valence-electron chi connectivity index (χ0n) is 46.1. The Labute approximate surface area is 428 Å². The zero-order chi connectivity index (χ0) is 50.0. The molecular formula is C63H114O6. The third-order valence-corrected chi connectivity index (χ3v) is 13.3. The van der Waals surface area contributed by atoms with E-state index in [1.165, 1.54) is 199 Å². The predicted molar refractivity (Wildman–Crippen MR) is 298 cm³/mol. The molecule has 0 saturated carbocycles. The average Bonchev–Trinajstić information content (AvgIpc) is 3.35. The Hall–Kier alpha value is -2.63. The van der Waals surface area contributed by atoms with Crippen LogP contribution < -0.4 is 0 Å². The number of esters is 3. The molecule has 0 aliphatic carbocycles.